The van der Waals surface area contributed by atoms with Gasteiger partial charge in [0, 0.05) is 12.6 Å². The average molecular weight is 321 g/mol. The number of halogens is 3. The van der Waals surface area contributed by atoms with Crippen molar-refractivity contribution in [1.29, 1.82) is 5.26 Å². The molecule has 0 heterocycles. The minimum atomic E-state index is -4.80. The van der Waals surface area contributed by atoms with E-state index < -0.39 is 32.2 Å². The monoisotopic (exact) mass is 321 g/mol. The lowest BCUT2D eigenvalue weighted by Gasteiger charge is -2.14. The smallest absolute Gasteiger partial charge is 0.316 e. The molecular formula is C12H14F3N3O2S. The summed E-state index contributed by atoms with van der Waals surface area (Å²) in [5, 5.41) is 11.5. The molecule has 116 valence electrons. The molecular weight excluding hydrogens is 307 g/mol. The highest BCUT2D eigenvalue weighted by Crippen LogP contribution is 2.33. The molecule has 5 nitrogen and oxygen atoms in total. The predicted molar refractivity (Wildman–Crippen MR) is 69.9 cm³/mol. The third kappa shape index (κ3) is 4.42. The molecule has 2 N–H and O–H groups in total. The van der Waals surface area contributed by atoms with E-state index in [0.29, 0.717) is 6.07 Å². The van der Waals surface area contributed by atoms with E-state index in [4.69, 9.17) is 5.26 Å². The standard InChI is InChI=1S/C12H14F3N3O2S/c1-8(17-2)7-18-21(19,20)10-4-3-9(6-16)11(5-10)12(13,14)15/h3-5,8,17-18H,7H2,1-2H3. The van der Waals surface area contributed by atoms with Crippen molar-refractivity contribution in [3.05, 3.63) is 29.3 Å². The van der Waals surface area contributed by atoms with Crippen LogP contribution in [0.3, 0.4) is 0 Å². The second-order valence-electron chi connectivity index (χ2n) is 4.36. The Morgan fingerprint density at radius 2 is 2.00 bits per heavy atom. The van der Waals surface area contributed by atoms with E-state index in [1.165, 1.54) is 6.07 Å². The van der Waals surface area contributed by atoms with Gasteiger partial charge in [0.25, 0.3) is 0 Å². The van der Waals surface area contributed by atoms with Crippen molar-refractivity contribution in [1.82, 2.24) is 10.0 Å². The van der Waals surface area contributed by atoms with Gasteiger partial charge in [-0.1, -0.05) is 0 Å². The lowest BCUT2D eigenvalue weighted by Crippen LogP contribution is -2.37. The van der Waals surface area contributed by atoms with E-state index in [-0.39, 0.29) is 12.6 Å². The molecule has 0 aliphatic heterocycles. The minimum Gasteiger partial charge on any atom is -0.316 e. The van der Waals surface area contributed by atoms with Gasteiger partial charge in [-0.15, -0.1) is 0 Å². The Bertz CT molecular complexity index is 651. The minimum absolute atomic E-state index is 0.0280. The fourth-order valence-corrected chi connectivity index (χ4v) is 2.60. The first kappa shape index (κ1) is 17.4. The third-order valence-corrected chi connectivity index (χ3v) is 4.22. The second kappa shape index (κ2) is 6.43. The Morgan fingerprint density at radius 3 is 2.48 bits per heavy atom. The van der Waals surface area contributed by atoms with Gasteiger partial charge in [-0.2, -0.15) is 18.4 Å². The summed E-state index contributed by atoms with van der Waals surface area (Å²) in [6, 6.07) is 3.50. The molecule has 0 amide bonds. The molecule has 0 spiro atoms. The lowest BCUT2D eigenvalue weighted by atomic mass is 10.1. The van der Waals surface area contributed by atoms with Crippen LogP contribution in [0.15, 0.2) is 23.1 Å². The molecule has 0 saturated heterocycles. The highest BCUT2D eigenvalue weighted by molar-refractivity contribution is 7.89. The first-order valence-electron chi connectivity index (χ1n) is 5.90. The predicted octanol–water partition coefficient (Wildman–Crippen LogP) is 1.46. The summed E-state index contributed by atoms with van der Waals surface area (Å²) in [6.07, 6.45) is -4.80. The molecule has 1 aromatic rings. The van der Waals surface area contributed by atoms with Gasteiger partial charge in [0.2, 0.25) is 10.0 Å². The zero-order chi connectivity index (χ0) is 16.3. The van der Waals surface area contributed by atoms with Crippen LogP contribution >= 0.6 is 0 Å². The van der Waals surface area contributed by atoms with Gasteiger partial charge in [0.15, 0.2) is 0 Å². The van der Waals surface area contributed by atoms with Gasteiger partial charge in [0.05, 0.1) is 22.1 Å². The molecule has 21 heavy (non-hydrogen) atoms. The van der Waals surface area contributed by atoms with E-state index in [1.807, 2.05) is 0 Å². The third-order valence-electron chi connectivity index (χ3n) is 2.80. The fraction of sp³-hybridized carbons (Fsp3) is 0.417. The van der Waals surface area contributed by atoms with Gasteiger partial charge in [-0.25, -0.2) is 13.1 Å². The molecule has 0 aromatic heterocycles. The molecule has 1 rings (SSSR count). The topological polar surface area (TPSA) is 82.0 Å². The van der Waals surface area contributed by atoms with Crippen LogP contribution in [0, 0.1) is 11.3 Å². The molecule has 0 saturated carbocycles. The van der Waals surface area contributed by atoms with Crippen LogP contribution in [0.4, 0.5) is 13.2 Å². The first-order chi connectivity index (χ1) is 9.61. The fourth-order valence-electron chi connectivity index (χ4n) is 1.44. The quantitative estimate of drug-likeness (QED) is 0.860. The number of sulfonamides is 1. The Morgan fingerprint density at radius 1 is 1.38 bits per heavy atom. The molecule has 1 atom stereocenters. The van der Waals surface area contributed by atoms with Crippen LogP contribution in [0.2, 0.25) is 0 Å². The second-order valence-corrected chi connectivity index (χ2v) is 6.13. The van der Waals surface area contributed by atoms with Crippen LogP contribution in [-0.4, -0.2) is 28.1 Å². The number of rotatable bonds is 5. The van der Waals surface area contributed by atoms with Crippen molar-refractivity contribution in [3.63, 3.8) is 0 Å². The maximum absolute atomic E-state index is 12.8. The van der Waals surface area contributed by atoms with Crippen molar-refractivity contribution < 1.29 is 21.6 Å². The number of likely N-dealkylation sites (N-methyl/N-ethyl adjacent to an activating group) is 1. The van der Waals surface area contributed by atoms with Crippen LogP contribution in [-0.2, 0) is 16.2 Å². The molecule has 1 aromatic carbocycles. The van der Waals surface area contributed by atoms with Crippen LogP contribution < -0.4 is 10.0 Å². The molecule has 0 aliphatic carbocycles. The number of alkyl halides is 3. The number of nitriles is 1. The Labute approximate surface area is 120 Å². The number of nitrogens with one attached hydrogen (secondary N) is 2. The van der Waals surface area contributed by atoms with Gasteiger partial charge in [0.1, 0.15) is 0 Å². The van der Waals surface area contributed by atoms with Crippen molar-refractivity contribution >= 4 is 10.0 Å². The summed E-state index contributed by atoms with van der Waals surface area (Å²) in [5.74, 6) is 0. The maximum Gasteiger partial charge on any atom is 0.417 e. The molecule has 9 heteroatoms. The Balaban J connectivity index is 3.18. The number of hydrogen-bond acceptors (Lipinski definition) is 4. The van der Waals surface area contributed by atoms with Crippen LogP contribution in [0.5, 0.6) is 0 Å². The average Bonchev–Trinajstić information content (AvgIpc) is 2.43. The van der Waals surface area contributed by atoms with Gasteiger partial charge in [-0.05, 0) is 32.2 Å². The zero-order valence-electron chi connectivity index (χ0n) is 11.3. The van der Waals surface area contributed by atoms with Gasteiger partial charge < -0.3 is 5.32 Å². The van der Waals surface area contributed by atoms with Gasteiger partial charge in [-0.3, -0.25) is 0 Å². The largest absolute Gasteiger partial charge is 0.417 e. The Kier molecular flexibility index (Phi) is 5.33. The molecule has 0 fully saturated rings. The number of hydrogen-bond donors (Lipinski definition) is 2. The summed E-state index contributed by atoms with van der Waals surface area (Å²) in [5.41, 5.74) is -1.89. The highest BCUT2D eigenvalue weighted by atomic mass is 32.2. The Hall–Kier alpha value is -1.63. The summed E-state index contributed by atoms with van der Waals surface area (Å²) in [6.45, 7) is 1.74. The van der Waals surface area contributed by atoms with Crippen molar-refractivity contribution in [2.45, 2.75) is 24.0 Å². The first-order valence-corrected chi connectivity index (χ1v) is 7.38. The van der Waals surface area contributed by atoms with Crippen molar-refractivity contribution in [3.8, 4) is 6.07 Å². The normalized spacial score (nSPS) is 13.7. The van der Waals surface area contributed by atoms with E-state index in [9.17, 15) is 21.6 Å². The van der Waals surface area contributed by atoms with E-state index >= 15 is 0 Å². The van der Waals surface area contributed by atoms with Crippen LogP contribution in [0.25, 0.3) is 0 Å². The summed E-state index contributed by atoms with van der Waals surface area (Å²) >= 11 is 0. The summed E-state index contributed by atoms with van der Waals surface area (Å²) < 4.78 is 64.5. The maximum atomic E-state index is 12.8. The van der Waals surface area contributed by atoms with Crippen molar-refractivity contribution in [2.24, 2.45) is 0 Å². The SMILES string of the molecule is CNC(C)CNS(=O)(=O)c1ccc(C#N)c(C(F)(F)F)c1. The molecule has 1 unspecified atom stereocenters. The molecule has 0 aliphatic rings. The van der Waals surface area contributed by atoms with Crippen LogP contribution in [0.1, 0.15) is 18.1 Å². The molecule has 0 radical (unpaired) electrons. The summed E-state index contributed by atoms with van der Waals surface area (Å²) in [4.78, 5) is -0.530. The number of benzene rings is 1. The zero-order valence-corrected chi connectivity index (χ0v) is 12.1. The van der Waals surface area contributed by atoms with E-state index in [0.717, 1.165) is 12.1 Å². The number of nitrogens with zero attached hydrogens (tertiary/aromatic N) is 1. The van der Waals surface area contributed by atoms with E-state index in [1.54, 1.807) is 14.0 Å². The lowest BCUT2D eigenvalue weighted by molar-refractivity contribution is -0.137. The van der Waals surface area contributed by atoms with Crippen molar-refractivity contribution in [2.75, 3.05) is 13.6 Å². The van der Waals surface area contributed by atoms with Gasteiger partial charge >= 0.3 is 6.18 Å². The van der Waals surface area contributed by atoms with E-state index in [2.05, 4.69) is 10.0 Å². The molecule has 0 bridgehead atoms. The highest BCUT2D eigenvalue weighted by Gasteiger charge is 2.35. The summed E-state index contributed by atoms with van der Waals surface area (Å²) in [7, 11) is -2.45.